The van der Waals surface area contributed by atoms with Gasteiger partial charge in [-0.05, 0) is 30.5 Å². The number of aromatic nitrogens is 2. The molecule has 4 rings (SSSR count). The second kappa shape index (κ2) is 7.16. The first-order valence-electron chi connectivity index (χ1n) is 8.97. The highest BCUT2D eigenvalue weighted by atomic mass is 35.5. The van der Waals surface area contributed by atoms with E-state index in [0.29, 0.717) is 35.4 Å². The third-order valence-corrected chi connectivity index (χ3v) is 5.39. The van der Waals surface area contributed by atoms with E-state index in [2.05, 4.69) is 16.0 Å². The van der Waals surface area contributed by atoms with Crippen LogP contribution in [0.4, 0.5) is 0 Å². The summed E-state index contributed by atoms with van der Waals surface area (Å²) in [6.45, 7) is 0.295. The Hall–Kier alpha value is -2.65. The van der Waals surface area contributed by atoms with E-state index >= 15 is 0 Å². The summed E-state index contributed by atoms with van der Waals surface area (Å²) in [5, 5.41) is 9.95. The van der Waals surface area contributed by atoms with Crippen molar-refractivity contribution in [3.05, 3.63) is 52.4 Å². The van der Waals surface area contributed by atoms with Crippen molar-refractivity contribution in [1.82, 2.24) is 14.9 Å². The molecule has 2 atom stereocenters. The SMILES string of the molecule is CN1C(=O)CC(COc2nc(C3CC3)ncc2C#N)C1c1cccc(Cl)c1. The highest BCUT2D eigenvalue weighted by molar-refractivity contribution is 6.30. The molecule has 2 unspecified atom stereocenters. The minimum atomic E-state index is -0.119. The van der Waals surface area contributed by atoms with Gasteiger partial charge in [-0.15, -0.1) is 0 Å². The number of nitrogens with zero attached hydrogens (tertiary/aromatic N) is 4. The number of carbonyl (C=O) groups excluding carboxylic acids is 1. The number of nitriles is 1. The first-order chi connectivity index (χ1) is 13.1. The zero-order valence-electron chi connectivity index (χ0n) is 14.9. The molecular weight excluding hydrogens is 364 g/mol. The Balaban J connectivity index is 1.55. The van der Waals surface area contributed by atoms with Gasteiger partial charge in [0.1, 0.15) is 17.5 Å². The summed E-state index contributed by atoms with van der Waals surface area (Å²) in [7, 11) is 1.80. The third-order valence-electron chi connectivity index (χ3n) is 5.15. The van der Waals surface area contributed by atoms with Crippen molar-refractivity contribution < 1.29 is 9.53 Å². The van der Waals surface area contributed by atoms with Gasteiger partial charge in [-0.1, -0.05) is 23.7 Å². The molecule has 138 valence electrons. The number of halogens is 1. The van der Waals surface area contributed by atoms with Crippen LogP contribution in [0.25, 0.3) is 0 Å². The van der Waals surface area contributed by atoms with Gasteiger partial charge < -0.3 is 9.64 Å². The molecule has 1 aromatic carbocycles. The molecule has 0 spiro atoms. The Morgan fingerprint density at radius 1 is 1.41 bits per heavy atom. The number of hydrogen-bond acceptors (Lipinski definition) is 5. The van der Waals surface area contributed by atoms with Gasteiger partial charge in [0.05, 0.1) is 18.8 Å². The normalized spacial score (nSPS) is 22.0. The van der Waals surface area contributed by atoms with E-state index in [9.17, 15) is 10.1 Å². The number of benzene rings is 1. The second-order valence-corrected chi connectivity index (χ2v) is 7.55. The lowest BCUT2D eigenvalue weighted by Gasteiger charge is -2.25. The van der Waals surface area contributed by atoms with Gasteiger partial charge in [0.15, 0.2) is 0 Å². The van der Waals surface area contributed by atoms with Gasteiger partial charge >= 0.3 is 0 Å². The zero-order chi connectivity index (χ0) is 19.0. The number of likely N-dealkylation sites (tertiary alicyclic amines) is 1. The molecule has 2 fully saturated rings. The van der Waals surface area contributed by atoms with E-state index in [-0.39, 0.29) is 17.9 Å². The Morgan fingerprint density at radius 3 is 2.93 bits per heavy atom. The van der Waals surface area contributed by atoms with Crippen molar-refractivity contribution in [2.45, 2.75) is 31.2 Å². The fraction of sp³-hybridized carbons (Fsp3) is 0.400. The average Bonchev–Trinajstić information content (AvgIpc) is 3.47. The van der Waals surface area contributed by atoms with Crippen molar-refractivity contribution in [2.24, 2.45) is 5.92 Å². The topological polar surface area (TPSA) is 79.1 Å². The first kappa shape index (κ1) is 17.7. The Morgan fingerprint density at radius 2 is 2.22 bits per heavy atom. The molecule has 1 aromatic heterocycles. The molecule has 0 radical (unpaired) electrons. The van der Waals surface area contributed by atoms with Gasteiger partial charge in [0, 0.05) is 30.3 Å². The van der Waals surface area contributed by atoms with E-state index < -0.39 is 0 Å². The summed E-state index contributed by atoms with van der Waals surface area (Å²) < 4.78 is 5.92. The molecule has 2 aliphatic rings. The first-order valence-corrected chi connectivity index (χ1v) is 9.35. The van der Waals surface area contributed by atoms with Crippen LogP contribution in [-0.2, 0) is 4.79 Å². The van der Waals surface area contributed by atoms with Crippen molar-refractivity contribution in [2.75, 3.05) is 13.7 Å². The fourth-order valence-corrected chi connectivity index (χ4v) is 3.78. The summed E-state index contributed by atoms with van der Waals surface area (Å²) >= 11 is 6.13. The van der Waals surface area contributed by atoms with Crippen LogP contribution in [0.2, 0.25) is 5.02 Å². The van der Waals surface area contributed by atoms with E-state index in [0.717, 1.165) is 24.2 Å². The molecule has 6 nitrogen and oxygen atoms in total. The minimum absolute atomic E-state index is 0.0492. The third kappa shape index (κ3) is 3.60. The highest BCUT2D eigenvalue weighted by Gasteiger charge is 2.39. The Kier molecular flexibility index (Phi) is 4.71. The van der Waals surface area contributed by atoms with Crippen LogP contribution in [-0.4, -0.2) is 34.4 Å². The minimum Gasteiger partial charge on any atom is -0.476 e. The molecule has 1 aliphatic carbocycles. The molecule has 2 heterocycles. The quantitative estimate of drug-likeness (QED) is 0.791. The van der Waals surface area contributed by atoms with E-state index in [1.165, 1.54) is 6.20 Å². The molecule has 27 heavy (non-hydrogen) atoms. The smallest absolute Gasteiger partial charge is 0.235 e. The van der Waals surface area contributed by atoms with Gasteiger partial charge in [0.25, 0.3) is 0 Å². The van der Waals surface area contributed by atoms with Crippen molar-refractivity contribution in [1.29, 1.82) is 5.26 Å². The number of ether oxygens (including phenoxy) is 1. The number of rotatable bonds is 5. The largest absolute Gasteiger partial charge is 0.476 e. The van der Waals surface area contributed by atoms with Crippen LogP contribution in [0.3, 0.4) is 0 Å². The molecule has 7 heteroatoms. The van der Waals surface area contributed by atoms with Crippen LogP contribution in [0.15, 0.2) is 30.5 Å². The average molecular weight is 383 g/mol. The lowest BCUT2D eigenvalue weighted by Crippen LogP contribution is -2.26. The van der Waals surface area contributed by atoms with Gasteiger partial charge in [-0.25, -0.2) is 4.98 Å². The zero-order valence-corrected chi connectivity index (χ0v) is 15.7. The number of hydrogen-bond donors (Lipinski definition) is 0. The number of carbonyl (C=O) groups is 1. The van der Waals surface area contributed by atoms with Crippen molar-refractivity contribution >= 4 is 17.5 Å². The van der Waals surface area contributed by atoms with Crippen LogP contribution in [0, 0.1) is 17.2 Å². The molecule has 1 saturated carbocycles. The van der Waals surface area contributed by atoms with Gasteiger partial charge in [-0.3, -0.25) is 4.79 Å². The summed E-state index contributed by atoms with van der Waals surface area (Å²) in [6.07, 6.45) is 4.06. The summed E-state index contributed by atoms with van der Waals surface area (Å²) in [6, 6.07) is 9.50. The standard InChI is InChI=1S/C20H19ClN4O2/c1-25-17(26)8-14(18(25)13-3-2-4-16(21)7-13)11-27-20-15(9-22)10-23-19(24-20)12-5-6-12/h2-4,7,10,12,14,18H,5-6,8,11H2,1H3. The van der Waals surface area contributed by atoms with Crippen LogP contribution in [0.5, 0.6) is 5.88 Å². The van der Waals surface area contributed by atoms with E-state index in [4.69, 9.17) is 16.3 Å². The van der Waals surface area contributed by atoms with E-state index in [1.54, 1.807) is 11.9 Å². The molecule has 0 bridgehead atoms. The lowest BCUT2D eigenvalue weighted by molar-refractivity contribution is -0.127. The van der Waals surface area contributed by atoms with Gasteiger partial charge in [0.2, 0.25) is 11.8 Å². The Labute approximate surface area is 162 Å². The summed E-state index contributed by atoms with van der Waals surface area (Å²) in [5.74, 6) is 1.43. The van der Waals surface area contributed by atoms with Crippen LogP contribution >= 0.6 is 11.6 Å². The number of amides is 1. The predicted molar refractivity (Wildman–Crippen MR) is 99.3 cm³/mol. The highest BCUT2D eigenvalue weighted by Crippen LogP contribution is 2.40. The maximum atomic E-state index is 12.3. The van der Waals surface area contributed by atoms with Crippen LogP contribution in [0.1, 0.15) is 48.2 Å². The molecule has 1 amide bonds. The summed E-state index contributed by atoms with van der Waals surface area (Å²) in [4.78, 5) is 22.7. The van der Waals surface area contributed by atoms with Crippen molar-refractivity contribution in [3.63, 3.8) is 0 Å². The van der Waals surface area contributed by atoms with Crippen molar-refractivity contribution in [3.8, 4) is 11.9 Å². The molecule has 1 saturated heterocycles. The fourth-order valence-electron chi connectivity index (χ4n) is 3.58. The van der Waals surface area contributed by atoms with Gasteiger partial charge in [-0.2, -0.15) is 10.2 Å². The molecule has 0 N–H and O–H groups in total. The van der Waals surface area contributed by atoms with E-state index in [1.807, 2.05) is 24.3 Å². The summed E-state index contributed by atoms with van der Waals surface area (Å²) in [5.41, 5.74) is 1.29. The monoisotopic (exact) mass is 382 g/mol. The molecule has 2 aromatic rings. The maximum absolute atomic E-state index is 12.3. The molecular formula is C20H19ClN4O2. The van der Waals surface area contributed by atoms with Crippen LogP contribution < -0.4 is 4.74 Å². The Bertz CT molecular complexity index is 922. The molecule has 1 aliphatic heterocycles. The predicted octanol–water partition coefficient (Wildman–Crippen LogP) is 3.48. The maximum Gasteiger partial charge on any atom is 0.235 e. The second-order valence-electron chi connectivity index (χ2n) is 7.11. The lowest BCUT2D eigenvalue weighted by atomic mass is 9.94.